The summed E-state index contributed by atoms with van der Waals surface area (Å²) < 4.78 is 9.70. The summed E-state index contributed by atoms with van der Waals surface area (Å²) >= 11 is 1.43. The lowest BCUT2D eigenvalue weighted by atomic mass is 9.85. The van der Waals surface area contributed by atoms with Crippen LogP contribution in [0.3, 0.4) is 0 Å². The molecule has 4 nitrogen and oxygen atoms in total. The molecule has 0 amide bonds. The summed E-state index contributed by atoms with van der Waals surface area (Å²) in [5, 5.41) is 1.06. The van der Waals surface area contributed by atoms with Crippen LogP contribution >= 0.6 is 11.5 Å². The fourth-order valence-electron chi connectivity index (χ4n) is 1.95. The molecule has 0 unspecified atom stereocenters. The minimum absolute atomic E-state index is 0.516. The molecule has 1 heterocycles. The van der Waals surface area contributed by atoms with Crippen LogP contribution in [0.4, 0.5) is 10.8 Å². The molecule has 2 N–H and O–H groups in total. The van der Waals surface area contributed by atoms with Crippen molar-refractivity contribution in [1.29, 1.82) is 0 Å². The molecular weight excluding hydrogens is 222 g/mol. The Hall–Kier alpha value is -0.970. The number of anilines is 2. The van der Waals surface area contributed by atoms with Crippen LogP contribution in [0.15, 0.2) is 0 Å². The Labute approximate surface area is 101 Å². The van der Waals surface area contributed by atoms with Crippen LogP contribution in [0.25, 0.3) is 0 Å². The second kappa shape index (κ2) is 4.91. The quantitative estimate of drug-likeness (QED) is 0.860. The van der Waals surface area contributed by atoms with Gasteiger partial charge in [0.25, 0.3) is 0 Å². The lowest BCUT2D eigenvalue weighted by Crippen LogP contribution is -2.29. The highest BCUT2D eigenvalue weighted by Crippen LogP contribution is 2.39. The summed E-state index contributed by atoms with van der Waals surface area (Å²) in [5.74, 6) is 2.11. The summed E-state index contributed by atoms with van der Waals surface area (Å²) in [6.07, 6.45) is 4.08. The van der Waals surface area contributed by atoms with E-state index in [4.69, 9.17) is 10.5 Å². The van der Waals surface area contributed by atoms with Crippen LogP contribution in [-0.4, -0.2) is 24.6 Å². The first-order valence-corrected chi connectivity index (χ1v) is 6.58. The number of aromatic nitrogens is 1. The van der Waals surface area contributed by atoms with Crippen LogP contribution in [-0.2, 0) is 0 Å². The molecule has 0 bridgehead atoms. The minimum atomic E-state index is 0.516. The van der Waals surface area contributed by atoms with Crippen LogP contribution in [0.2, 0.25) is 0 Å². The van der Waals surface area contributed by atoms with Crippen molar-refractivity contribution < 1.29 is 4.74 Å². The Morgan fingerprint density at radius 3 is 2.88 bits per heavy atom. The predicted molar refractivity (Wildman–Crippen MR) is 68.3 cm³/mol. The normalized spacial score (nSPS) is 15.9. The maximum Gasteiger partial charge on any atom is 0.197 e. The highest BCUT2D eigenvalue weighted by molar-refractivity contribution is 7.11. The van der Waals surface area contributed by atoms with Gasteiger partial charge < -0.3 is 15.4 Å². The number of rotatable bonds is 5. The molecule has 90 valence electrons. The van der Waals surface area contributed by atoms with Gasteiger partial charge in [0.1, 0.15) is 0 Å². The van der Waals surface area contributed by atoms with E-state index in [2.05, 4.69) is 16.3 Å². The molecule has 0 aliphatic heterocycles. The first-order valence-electron chi connectivity index (χ1n) is 5.81. The molecule has 1 aromatic rings. The van der Waals surface area contributed by atoms with Crippen molar-refractivity contribution >= 4 is 22.4 Å². The first-order chi connectivity index (χ1) is 7.72. The number of nitrogen functional groups attached to an aromatic ring is 1. The average Bonchev–Trinajstić information content (AvgIpc) is 2.55. The van der Waals surface area contributed by atoms with E-state index in [0.29, 0.717) is 12.4 Å². The summed E-state index contributed by atoms with van der Waals surface area (Å²) in [4.78, 5) is 2.23. The van der Waals surface area contributed by atoms with Gasteiger partial charge in [-0.2, -0.15) is 4.37 Å². The van der Waals surface area contributed by atoms with Gasteiger partial charge in [-0.1, -0.05) is 6.42 Å². The maximum atomic E-state index is 5.79. The molecule has 5 heteroatoms. The first kappa shape index (κ1) is 11.5. The smallest absolute Gasteiger partial charge is 0.197 e. The van der Waals surface area contributed by atoms with Crippen molar-refractivity contribution in [3.63, 3.8) is 0 Å². The summed E-state index contributed by atoms with van der Waals surface area (Å²) in [6, 6.07) is 0. The zero-order valence-electron chi connectivity index (χ0n) is 9.90. The number of nitrogens with two attached hydrogens (primary N) is 1. The zero-order valence-corrected chi connectivity index (χ0v) is 10.7. The molecule has 0 aromatic carbocycles. The van der Waals surface area contributed by atoms with E-state index in [-0.39, 0.29) is 0 Å². The van der Waals surface area contributed by atoms with Gasteiger partial charge in [0.05, 0.1) is 6.61 Å². The molecule has 0 atom stereocenters. The fraction of sp³-hybridized carbons (Fsp3) is 0.727. The fourth-order valence-corrected chi connectivity index (χ4v) is 2.68. The summed E-state index contributed by atoms with van der Waals surface area (Å²) in [5.41, 5.74) is 5.79. The zero-order chi connectivity index (χ0) is 11.5. The van der Waals surface area contributed by atoms with E-state index in [1.54, 1.807) is 0 Å². The third kappa shape index (κ3) is 2.24. The predicted octanol–water partition coefficient (Wildman–Crippen LogP) is 2.36. The second-order valence-corrected chi connectivity index (χ2v) is 5.06. The van der Waals surface area contributed by atoms with Crippen molar-refractivity contribution in [2.45, 2.75) is 26.2 Å². The Kier molecular flexibility index (Phi) is 3.53. The topological polar surface area (TPSA) is 51.4 Å². The van der Waals surface area contributed by atoms with Crippen LogP contribution in [0, 0.1) is 5.92 Å². The molecule has 1 fully saturated rings. The van der Waals surface area contributed by atoms with Gasteiger partial charge in [-0.15, -0.1) is 0 Å². The van der Waals surface area contributed by atoms with Crippen molar-refractivity contribution in [2.75, 3.05) is 30.8 Å². The van der Waals surface area contributed by atoms with Gasteiger partial charge in [-0.3, -0.25) is 0 Å². The molecule has 0 spiro atoms. The van der Waals surface area contributed by atoms with Gasteiger partial charge in [0.2, 0.25) is 0 Å². The Bertz CT molecular complexity index is 349. The average molecular weight is 241 g/mol. The number of hydrogen-bond acceptors (Lipinski definition) is 5. The highest BCUT2D eigenvalue weighted by Gasteiger charge is 2.23. The number of nitrogens with zero attached hydrogens (tertiary/aromatic N) is 2. The SMILES string of the molecule is CCOc1c(N)nsc1N(C)CC1CCC1. The standard InChI is InChI=1S/C11H19N3OS/c1-3-15-9-10(12)13-16-11(9)14(2)7-8-5-4-6-8/h8H,3-7H2,1-2H3,(H2,12,13). The Morgan fingerprint density at radius 2 is 2.31 bits per heavy atom. The van der Waals surface area contributed by atoms with E-state index in [9.17, 15) is 0 Å². The van der Waals surface area contributed by atoms with Crippen LogP contribution in [0.5, 0.6) is 5.75 Å². The summed E-state index contributed by atoms with van der Waals surface area (Å²) in [6.45, 7) is 3.68. The molecule has 1 aliphatic rings. The Morgan fingerprint density at radius 1 is 1.56 bits per heavy atom. The Balaban J connectivity index is 2.05. The minimum Gasteiger partial charge on any atom is -0.487 e. The molecule has 1 aliphatic carbocycles. The maximum absolute atomic E-state index is 5.79. The van der Waals surface area contributed by atoms with Crippen molar-refractivity contribution in [1.82, 2.24) is 4.37 Å². The second-order valence-electron chi connectivity index (χ2n) is 4.31. The third-order valence-electron chi connectivity index (χ3n) is 3.05. The number of hydrogen-bond donors (Lipinski definition) is 1. The van der Waals surface area contributed by atoms with E-state index < -0.39 is 0 Å². The number of ether oxygens (including phenoxy) is 1. The van der Waals surface area contributed by atoms with E-state index in [1.807, 2.05) is 6.92 Å². The monoisotopic (exact) mass is 241 g/mol. The van der Waals surface area contributed by atoms with Gasteiger partial charge in [0, 0.05) is 13.6 Å². The van der Waals surface area contributed by atoms with Crippen LogP contribution in [0.1, 0.15) is 26.2 Å². The van der Waals surface area contributed by atoms with Crippen LogP contribution < -0.4 is 15.4 Å². The largest absolute Gasteiger partial charge is 0.487 e. The van der Waals surface area contributed by atoms with Gasteiger partial charge >= 0.3 is 0 Å². The molecule has 0 saturated heterocycles. The van der Waals surface area contributed by atoms with Crippen molar-refractivity contribution in [3.05, 3.63) is 0 Å². The van der Waals surface area contributed by atoms with Gasteiger partial charge in [-0.05, 0) is 37.2 Å². The van der Waals surface area contributed by atoms with Gasteiger partial charge in [-0.25, -0.2) is 0 Å². The van der Waals surface area contributed by atoms with Gasteiger partial charge in [0.15, 0.2) is 16.6 Å². The highest BCUT2D eigenvalue weighted by atomic mass is 32.1. The molecular formula is C11H19N3OS. The molecule has 1 saturated carbocycles. The van der Waals surface area contributed by atoms with E-state index >= 15 is 0 Å². The third-order valence-corrected chi connectivity index (χ3v) is 4.01. The summed E-state index contributed by atoms with van der Waals surface area (Å²) in [7, 11) is 2.09. The lowest BCUT2D eigenvalue weighted by molar-refractivity contribution is 0.318. The molecule has 16 heavy (non-hydrogen) atoms. The van der Waals surface area contributed by atoms with E-state index in [0.717, 1.165) is 23.2 Å². The van der Waals surface area contributed by atoms with Crippen molar-refractivity contribution in [3.8, 4) is 5.75 Å². The molecule has 0 radical (unpaired) electrons. The molecule has 1 aromatic heterocycles. The van der Waals surface area contributed by atoms with Crippen molar-refractivity contribution in [2.24, 2.45) is 5.92 Å². The van der Waals surface area contributed by atoms with E-state index in [1.165, 1.54) is 30.8 Å². The lowest BCUT2D eigenvalue weighted by Gasteiger charge is -2.30. The molecule has 2 rings (SSSR count).